The molecule has 0 bridgehead atoms. The molecule has 0 N–H and O–H groups in total. The minimum absolute atomic E-state index is 0.109. The first-order valence-electron chi connectivity index (χ1n) is 8.57. The number of rotatable bonds is 1. The maximum absolute atomic E-state index is 13.2. The zero-order valence-corrected chi connectivity index (χ0v) is 13.2. The van der Waals surface area contributed by atoms with E-state index in [4.69, 9.17) is 0 Å². The van der Waals surface area contributed by atoms with Gasteiger partial charge in [0.2, 0.25) is 5.91 Å². The van der Waals surface area contributed by atoms with Gasteiger partial charge in [0.1, 0.15) is 0 Å². The van der Waals surface area contributed by atoms with Crippen LogP contribution in [0.2, 0.25) is 0 Å². The Morgan fingerprint density at radius 3 is 2.64 bits per heavy atom. The summed E-state index contributed by atoms with van der Waals surface area (Å²) in [6, 6.07) is 10.6. The van der Waals surface area contributed by atoms with Gasteiger partial charge in [-0.2, -0.15) is 0 Å². The fraction of sp³-hybridized carbons (Fsp3) is 0.450. The molecule has 4 rings (SSSR count). The molecule has 2 nitrogen and oxygen atoms in total. The number of carbonyl (C=O) groups is 1. The van der Waals surface area contributed by atoms with Crippen LogP contribution in [0.5, 0.6) is 0 Å². The first-order chi connectivity index (χ1) is 10.8. The standard InChI is InChI=1S/C20H23NO/c1-14-11-12-19-17-10-6-5-9-16(17)13-18(20(22)21(14)19)15-7-3-2-4-8-15/h2-4,7-8,13-14,18H,5-6,9-12H2,1H3/t14-,18+/m0/s1. The van der Waals surface area contributed by atoms with Crippen LogP contribution in [0.1, 0.15) is 56.9 Å². The molecule has 0 spiro atoms. The molecule has 2 heteroatoms. The summed E-state index contributed by atoms with van der Waals surface area (Å²) in [6.45, 7) is 2.20. The molecule has 2 heterocycles. The molecule has 0 aromatic heterocycles. The van der Waals surface area contributed by atoms with Crippen molar-refractivity contribution in [3.8, 4) is 0 Å². The van der Waals surface area contributed by atoms with E-state index in [1.54, 1.807) is 0 Å². The van der Waals surface area contributed by atoms with Crippen molar-refractivity contribution in [1.82, 2.24) is 4.90 Å². The normalized spacial score (nSPS) is 28.1. The highest BCUT2D eigenvalue weighted by molar-refractivity contribution is 5.89. The van der Waals surface area contributed by atoms with Gasteiger partial charge in [0.25, 0.3) is 0 Å². The Labute approximate surface area is 132 Å². The van der Waals surface area contributed by atoms with Crippen molar-refractivity contribution >= 4 is 5.91 Å². The molecule has 2 fully saturated rings. The Balaban J connectivity index is 1.84. The lowest BCUT2D eigenvalue weighted by Gasteiger charge is -2.27. The van der Waals surface area contributed by atoms with Gasteiger partial charge < -0.3 is 4.90 Å². The summed E-state index contributed by atoms with van der Waals surface area (Å²) in [6.07, 6.45) is 9.26. The molecule has 1 saturated carbocycles. The Morgan fingerprint density at radius 2 is 1.82 bits per heavy atom. The maximum Gasteiger partial charge on any atom is 0.238 e. The summed E-state index contributed by atoms with van der Waals surface area (Å²) in [5.74, 6) is 0.169. The molecule has 22 heavy (non-hydrogen) atoms. The topological polar surface area (TPSA) is 20.3 Å². The number of benzene rings is 1. The second kappa shape index (κ2) is 5.42. The Morgan fingerprint density at radius 1 is 1.05 bits per heavy atom. The van der Waals surface area contributed by atoms with Crippen molar-refractivity contribution in [1.29, 1.82) is 0 Å². The number of carbonyl (C=O) groups excluding carboxylic acids is 1. The lowest BCUT2D eigenvalue weighted by Crippen LogP contribution is -2.35. The Kier molecular flexibility index (Phi) is 3.40. The highest BCUT2D eigenvalue weighted by Gasteiger charge is 2.38. The van der Waals surface area contributed by atoms with Crippen molar-refractivity contribution < 1.29 is 4.79 Å². The van der Waals surface area contributed by atoms with Crippen LogP contribution in [-0.4, -0.2) is 16.8 Å². The van der Waals surface area contributed by atoms with Gasteiger partial charge in [-0.05, 0) is 62.2 Å². The van der Waals surface area contributed by atoms with Crippen molar-refractivity contribution in [3.05, 3.63) is 58.8 Å². The molecule has 1 saturated heterocycles. The fourth-order valence-corrected chi connectivity index (χ4v) is 4.27. The van der Waals surface area contributed by atoms with E-state index in [1.165, 1.54) is 29.7 Å². The number of hydrogen-bond acceptors (Lipinski definition) is 1. The van der Waals surface area contributed by atoms with Gasteiger partial charge in [0.05, 0.1) is 5.92 Å². The molecule has 1 aliphatic carbocycles. The van der Waals surface area contributed by atoms with E-state index in [9.17, 15) is 4.79 Å². The molecular weight excluding hydrogens is 270 g/mol. The summed E-state index contributed by atoms with van der Waals surface area (Å²) in [5.41, 5.74) is 5.40. The van der Waals surface area contributed by atoms with Gasteiger partial charge in [0, 0.05) is 11.7 Å². The fourth-order valence-electron chi connectivity index (χ4n) is 4.27. The van der Waals surface area contributed by atoms with Gasteiger partial charge in [-0.1, -0.05) is 36.4 Å². The number of amides is 1. The van der Waals surface area contributed by atoms with E-state index in [-0.39, 0.29) is 11.8 Å². The Bertz CT molecular complexity index is 656. The van der Waals surface area contributed by atoms with Crippen LogP contribution in [0.15, 0.2) is 53.3 Å². The highest BCUT2D eigenvalue weighted by atomic mass is 16.2. The van der Waals surface area contributed by atoms with Crippen molar-refractivity contribution in [2.24, 2.45) is 0 Å². The molecular formula is C20H23NO. The van der Waals surface area contributed by atoms with Gasteiger partial charge in [-0.25, -0.2) is 0 Å². The van der Waals surface area contributed by atoms with Crippen LogP contribution >= 0.6 is 0 Å². The second-order valence-corrected chi connectivity index (χ2v) is 6.81. The molecule has 0 radical (unpaired) electrons. The summed E-state index contributed by atoms with van der Waals surface area (Å²) >= 11 is 0. The average Bonchev–Trinajstić information content (AvgIpc) is 2.88. The molecule has 1 amide bonds. The first-order valence-corrected chi connectivity index (χ1v) is 8.57. The molecule has 2 aliphatic heterocycles. The summed E-state index contributed by atoms with van der Waals surface area (Å²) in [4.78, 5) is 15.4. The van der Waals surface area contributed by atoms with Crippen LogP contribution in [-0.2, 0) is 4.79 Å². The summed E-state index contributed by atoms with van der Waals surface area (Å²) in [7, 11) is 0. The predicted octanol–water partition coefficient (Wildman–Crippen LogP) is 4.55. The van der Waals surface area contributed by atoms with Crippen LogP contribution in [0.25, 0.3) is 0 Å². The minimum Gasteiger partial charge on any atom is -0.312 e. The smallest absolute Gasteiger partial charge is 0.238 e. The quantitative estimate of drug-likeness (QED) is 0.744. The largest absolute Gasteiger partial charge is 0.312 e. The molecule has 1 aromatic rings. The third-order valence-corrected chi connectivity index (χ3v) is 5.42. The number of nitrogens with zero attached hydrogens (tertiary/aromatic N) is 1. The SMILES string of the molecule is C[C@H]1CCC2=C3CCCCC3=C[C@H](c3ccccc3)C(=O)N21. The number of hydrogen-bond donors (Lipinski definition) is 0. The van der Waals surface area contributed by atoms with E-state index in [0.29, 0.717) is 6.04 Å². The summed E-state index contributed by atoms with van der Waals surface area (Å²) in [5, 5.41) is 0. The molecule has 1 aromatic carbocycles. The van der Waals surface area contributed by atoms with E-state index in [2.05, 4.69) is 30.0 Å². The molecule has 0 unspecified atom stereocenters. The minimum atomic E-state index is -0.109. The molecule has 3 aliphatic rings. The number of allylic oxidation sites excluding steroid dienone is 3. The van der Waals surface area contributed by atoms with Crippen LogP contribution in [0.3, 0.4) is 0 Å². The first kappa shape index (κ1) is 13.8. The van der Waals surface area contributed by atoms with Gasteiger partial charge >= 0.3 is 0 Å². The Hall–Kier alpha value is -1.83. The third kappa shape index (κ3) is 2.13. The zero-order valence-electron chi connectivity index (χ0n) is 13.2. The van der Waals surface area contributed by atoms with E-state index in [0.717, 1.165) is 31.2 Å². The van der Waals surface area contributed by atoms with Gasteiger partial charge in [-0.3, -0.25) is 4.79 Å². The van der Waals surface area contributed by atoms with Gasteiger partial charge in [0.15, 0.2) is 0 Å². The van der Waals surface area contributed by atoms with E-state index >= 15 is 0 Å². The highest BCUT2D eigenvalue weighted by Crippen LogP contribution is 2.43. The summed E-state index contributed by atoms with van der Waals surface area (Å²) < 4.78 is 0. The van der Waals surface area contributed by atoms with Crippen LogP contribution in [0, 0.1) is 0 Å². The van der Waals surface area contributed by atoms with Gasteiger partial charge in [-0.15, -0.1) is 0 Å². The predicted molar refractivity (Wildman–Crippen MR) is 88.3 cm³/mol. The second-order valence-electron chi connectivity index (χ2n) is 6.81. The van der Waals surface area contributed by atoms with E-state index < -0.39 is 0 Å². The number of fused-ring (bicyclic) bond motifs is 2. The maximum atomic E-state index is 13.2. The van der Waals surface area contributed by atoms with Crippen LogP contribution < -0.4 is 0 Å². The lowest BCUT2D eigenvalue weighted by molar-refractivity contribution is -0.130. The average molecular weight is 293 g/mol. The molecule has 2 atom stereocenters. The van der Waals surface area contributed by atoms with Crippen molar-refractivity contribution in [2.45, 2.75) is 57.4 Å². The van der Waals surface area contributed by atoms with Crippen molar-refractivity contribution in [2.75, 3.05) is 0 Å². The molecule has 114 valence electrons. The third-order valence-electron chi connectivity index (χ3n) is 5.42. The lowest BCUT2D eigenvalue weighted by atomic mass is 9.85. The zero-order chi connectivity index (χ0) is 15.1. The van der Waals surface area contributed by atoms with Crippen LogP contribution in [0.4, 0.5) is 0 Å². The van der Waals surface area contributed by atoms with Crippen molar-refractivity contribution in [3.63, 3.8) is 0 Å². The monoisotopic (exact) mass is 293 g/mol. The van der Waals surface area contributed by atoms with E-state index in [1.807, 2.05) is 18.2 Å².